The third-order valence-electron chi connectivity index (χ3n) is 5.22. The van der Waals surface area contributed by atoms with Gasteiger partial charge in [0.2, 0.25) is 11.7 Å². The number of ether oxygens (including phenoxy) is 2. The standard InChI is InChI=1S/C23H22N2O4/c1-28-17-12-16(13-18(14-17)29-2)24-23(27)19-10-11-25-20(19)8-9-21(25)22(26)15-6-4-3-5-7-15/h3-9,12-14,19H,10-11H2,1-2H3,(H,24,27). The molecule has 1 unspecified atom stereocenters. The summed E-state index contributed by atoms with van der Waals surface area (Å²) < 4.78 is 12.5. The lowest BCUT2D eigenvalue weighted by Crippen LogP contribution is -2.19. The molecule has 0 radical (unpaired) electrons. The lowest BCUT2D eigenvalue weighted by atomic mass is 10.0. The first-order valence-corrected chi connectivity index (χ1v) is 9.44. The number of ketones is 1. The van der Waals surface area contributed by atoms with Gasteiger partial charge in [-0.05, 0) is 18.6 Å². The SMILES string of the molecule is COc1cc(NC(=O)C2CCn3c(C(=O)c4ccccc4)ccc32)cc(OC)c1. The van der Waals surface area contributed by atoms with E-state index in [1.807, 2.05) is 28.8 Å². The van der Waals surface area contributed by atoms with E-state index in [4.69, 9.17) is 9.47 Å². The van der Waals surface area contributed by atoms with Crippen molar-refractivity contribution in [3.63, 3.8) is 0 Å². The van der Waals surface area contributed by atoms with E-state index in [1.54, 1.807) is 50.6 Å². The number of carbonyl (C=O) groups excluding carboxylic acids is 2. The first-order valence-electron chi connectivity index (χ1n) is 9.44. The Morgan fingerprint density at radius 3 is 2.31 bits per heavy atom. The zero-order valence-corrected chi connectivity index (χ0v) is 16.3. The number of nitrogens with one attached hydrogen (secondary N) is 1. The minimum Gasteiger partial charge on any atom is -0.497 e. The Morgan fingerprint density at radius 1 is 0.966 bits per heavy atom. The smallest absolute Gasteiger partial charge is 0.233 e. The van der Waals surface area contributed by atoms with Crippen molar-refractivity contribution in [3.05, 3.63) is 77.6 Å². The molecule has 4 rings (SSSR count). The molecule has 0 fully saturated rings. The molecule has 1 aromatic heterocycles. The minimum absolute atomic E-state index is 0.0320. The number of anilines is 1. The molecule has 29 heavy (non-hydrogen) atoms. The van der Waals surface area contributed by atoms with Crippen molar-refractivity contribution in [2.45, 2.75) is 18.9 Å². The average molecular weight is 390 g/mol. The van der Waals surface area contributed by atoms with E-state index in [1.165, 1.54) is 0 Å². The van der Waals surface area contributed by atoms with Crippen LogP contribution in [0, 0.1) is 0 Å². The van der Waals surface area contributed by atoms with Gasteiger partial charge in [0.05, 0.1) is 25.8 Å². The highest BCUT2D eigenvalue weighted by Crippen LogP contribution is 2.33. The van der Waals surface area contributed by atoms with Crippen molar-refractivity contribution in [2.24, 2.45) is 0 Å². The maximum atomic E-state index is 12.9. The minimum atomic E-state index is -0.315. The van der Waals surface area contributed by atoms with Crippen LogP contribution >= 0.6 is 0 Å². The van der Waals surface area contributed by atoms with Gasteiger partial charge < -0.3 is 19.4 Å². The van der Waals surface area contributed by atoms with E-state index < -0.39 is 0 Å². The van der Waals surface area contributed by atoms with Crippen molar-refractivity contribution < 1.29 is 19.1 Å². The topological polar surface area (TPSA) is 69.6 Å². The van der Waals surface area contributed by atoms with Gasteiger partial charge in [0.25, 0.3) is 0 Å². The van der Waals surface area contributed by atoms with Gasteiger partial charge in [-0.15, -0.1) is 0 Å². The summed E-state index contributed by atoms with van der Waals surface area (Å²) in [4.78, 5) is 25.8. The van der Waals surface area contributed by atoms with Crippen LogP contribution in [0.3, 0.4) is 0 Å². The van der Waals surface area contributed by atoms with Gasteiger partial charge in [-0.25, -0.2) is 0 Å². The van der Waals surface area contributed by atoms with Crippen molar-refractivity contribution in [1.29, 1.82) is 0 Å². The molecule has 6 heteroatoms. The molecule has 1 aliphatic heterocycles. The van der Waals surface area contributed by atoms with Crippen LogP contribution in [0.5, 0.6) is 11.5 Å². The number of carbonyl (C=O) groups is 2. The highest BCUT2D eigenvalue weighted by molar-refractivity contribution is 6.08. The molecule has 2 aromatic carbocycles. The Balaban J connectivity index is 1.55. The number of rotatable bonds is 6. The van der Waals surface area contributed by atoms with Crippen LogP contribution in [-0.4, -0.2) is 30.5 Å². The normalized spacial score (nSPS) is 14.9. The molecule has 3 aromatic rings. The maximum Gasteiger partial charge on any atom is 0.233 e. The summed E-state index contributed by atoms with van der Waals surface area (Å²) in [6.45, 7) is 0.635. The fourth-order valence-electron chi connectivity index (χ4n) is 3.75. The number of methoxy groups -OCH3 is 2. The quantitative estimate of drug-likeness (QED) is 0.649. The summed E-state index contributed by atoms with van der Waals surface area (Å²) in [6, 6.07) is 18.1. The largest absolute Gasteiger partial charge is 0.497 e. The van der Waals surface area contributed by atoms with Crippen molar-refractivity contribution >= 4 is 17.4 Å². The molecule has 2 heterocycles. The van der Waals surface area contributed by atoms with Gasteiger partial charge in [0, 0.05) is 41.7 Å². The van der Waals surface area contributed by atoms with E-state index in [0.717, 1.165) is 5.69 Å². The summed E-state index contributed by atoms with van der Waals surface area (Å²) >= 11 is 0. The second-order valence-electron chi connectivity index (χ2n) is 6.92. The predicted molar refractivity (Wildman–Crippen MR) is 110 cm³/mol. The fraction of sp³-hybridized carbons (Fsp3) is 0.217. The van der Waals surface area contributed by atoms with Gasteiger partial charge in [0.1, 0.15) is 11.5 Å². The van der Waals surface area contributed by atoms with Gasteiger partial charge in [-0.3, -0.25) is 9.59 Å². The van der Waals surface area contributed by atoms with Crippen LogP contribution in [0.2, 0.25) is 0 Å². The van der Waals surface area contributed by atoms with E-state index in [0.29, 0.717) is 41.4 Å². The Kier molecular flexibility index (Phi) is 5.08. The average Bonchev–Trinajstić information content (AvgIpc) is 3.35. The van der Waals surface area contributed by atoms with Crippen molar-refractivity contribution in [2.75, 3.05) is 19.5 Å². The molecule has 1 N–H and O–H groups in total. The number of hydrogen-bond donors (Lipinski definition) is 1. The van der Waals surface area contributed by atoms with Crippen molar-refractivity contribution in [1.82, 2.24) is 4.57 Å². The number of benzene rings is 2. The first-order chi connectivity index (χ1) is 14.1. The van der Waals surface area contributed by atoms with E-state index >= 15 is 0 Å². The van der Waals surface area contributed by atoms with Gasteiger partial charge in [0.15, 0.2) is 0 Å². The number of fused-ring (bicyclic) bond motifs is 1. The Morgan fingerprint density at radius 2 is 1.66 bits per heavy atom. The molecule has 0 bridgehead atoms. The molecule has 0 saturated heterocycles. The molecule has 6 nitrogen and oxygen atoms in total. The van der Waals surface area contributed by atoms with Crippen LogP contribution in [-0.2, 0) is 11.3 Å². The number of hydrogen-bond acceptors (Lipinski definition) is 4. The predicted octanol–water partition coefficient (Wildman–Crippen LogP) is 3.86. The van der Waals surface area contributed by atoms with E-state index in [2.05, 4.69) is 5.32 Å². The zero-order valence-electron chi connectivity index (χ0n) is 16.3. The molecule has 1 aliphatic rings. The molecule has 1 atom stereocenters. The van der Waals surface area contributed by atoms with Gasteiger partial charge in [-0.2, -0.15) is 0 Å². The highest BCUT2D eigenvalue weighted by Gasteiger charge is 2.32. The molecule has 0 saturated carbocycles. The van der Waals surface area contributed by atoms with Crippen LogP contribution in [0.25, 0.3) is 0 Å². The monoisotopic (exact) mass is 390 g/mol. The van der Waals surface area contributed by atoms with Crippen LogP contribution in [0.15, 0.2) is 60.7 Å². The van der Waals surface area contributed by atoms with Gasteiger partial charge >= 0.3 is 0 Å². The zero-order chi connectivity index (χ0) is 20.4. The Labute approximate surface area is 169 Å². The lowest BCUT2D eigenvalue weighted by Gasteiger charge is -2.13. The maximum absolute atomic E-state index is 12.9. The molecular weight excluding hydrogens is 368 g/mol. The van der Waals surface area contributed by atoms with Crippen molar-refractivity contribution in [3.8, 4) is 11.5 Å². The summed E-state index contributed by atoms with van der Waals surface area (Å²) in [5.74, 6) is 0.742. The lowest BCUT2D eigenvalue weighted by molar-refractivity contribution is -0.117. The summed E-state index contributed by atoms with van der Waals surface area (Å²) in [5.41, 5.74) is 2.72. The summed E-state index contributed by atoms with van der Waals surface area (Å²) in [5, 5.41) is 2.95. The molecule has 0 spiro atoms. The number of aromatic nitrogens is 1. The second kappa shape index (κ2) is 7.83. The second-order valence-corrected chi connectivity index (χ2v) is 6.92. The fourth-order valence-corrected chi connectivity index (χ4v) is 3.75. The molecule has 148 valence electrons. The Bertz CT molecular complexity index is 1030. The molecule has 0 aliphatic carbocycles. The van der Waals surface area contributed by atoms with Gasteiger partial charge in [-0.1, -0.05) is 30.3 Å². The third kappa shape index (κ3) is 3.61. The molecular formula is C23H22N2O4. The summed E-state index contributed by atoms with van der Waals surface area (Å²) in [7, 11) is 3.13. The Hall–Kier alpha value is -3.54. The van der Waals surface area contributed by atoms with Crippen LogP contribution in [0.4, 0.5) is 5.69 Å². The van der Waals surface area contributed by atoms with E-state index in [9.17, 15) is 9.59 Å². The van der Waals surface area contributed by atoms with E-state index in [-0.39, 0.29) is 17.6 Å². The third-order valence-corrected chi connectivity index (χ3v) is 5.22. The summed E-state index contributed by atoms with van der Waals surface area (Å²) in [6.07, 6.45) is 0.651. The number of amides is 1. The highest BCUT2D eigenvalue weighted by atomic mass is 16.5. The molecule has 1 amide bonds. The first kappa shape index (κ1) is 18.8. The van der Waals surface area contributed by atoms with Crippen LogP contribution in [0.1, 0.15) is 34.1 Å². The van der Waals surface area contributed by atoms with Crippen LogP contribution < -0.4 is 14.8 Å². The number of nitrogens with zero attached hydrogens (tertiary/aromatic N) is 1.